The topological polar surface area (TPSA) is 75.9 Å². The molecule has 124 valence electrons. The molecule has 1 saturated heterocycles. The third-order valence-corrected chi connectivity index (χ3v) is 4.72. The van der Waals surface area contributed by atoms with Crippen LogP contribution in [0.3, 0.4) is 0 Å². The van der Waals surface area contributed by atoms with E-state index in [0.717, 1.165) is 36.9 Å². The number of hydrogen-bond acceptors (Lipinski definition) is 7. The van der Waals surface area contributed by atoms with E-state index in [9.17, 15) is 4.79 Å². The van der Waals surface area contributed by atoms with Crippen molar-refractivity contribution in [2.45, 2.75) is 45.2 Å². The second-order valence-electron chi connectivity index (χ2n) is 6.04. The van der Waals surface area contributed by atoms with Crippen LogP contribution in [0.2, 0.25) is 0 Å². The van der Waals surface area contributed by atoms with Gasteiger partial charge < -0.3 is 10.2 Å². The molecule has 23 heavy (non-hydrogen) atoms. The van der Waals surface area contributed by atoms with Gasteiger partial charge in [-0.05, 0) is 39.2 Å². The molecule has 7 nitrogen and oxygen atoms in total. The van der Waals surface area contributed by atoms with E-state index >= 15 is 0 Å². The van der Waals surface area contributed by atoms with E-state index in [1.807, 2.05) is 19.9 Å². The third kappa shape index (κ3) is 3.69. The Hall–Kier alpha value is -1.96. The Morgan fingerprint density at radius 2 is 2.26 bits per heavy atom. The third-order valence-electron chi connectivity index (χ3n) is 4.07. The predicted molar refractivity (Wildman–Crippen MR) is 92.3 cm³/mol. The Kier molecular flexibility index (Phi) is 4.90. The molecule has 1 aliphatic heterocycles. The Balaban J connectivity index is 1.78. The van der Waals surface area contributed by atoms with Gasteiger partial charge in [-0.2, -0.15) is 5.10 Å². The number of nitrogens with one attached hydrogen (secondary N) is 1. The number of aromatic nitrogens is 4. The molecule has 1 unspecified atom stereocenters. The van der Waals surface area contributed by atoms with Crippen LogP contribution < -0.4 is 15.8 Å². The molecule has 0 spiro atoms. The van der Waals surface area contributed by atoms with E-state index in [1.165, 1.54) is 17.8 Å². The normalized spacial score (nSPS) is 18.4. The zero-order chi connectivity index (χ0) is 16.2. The summed E-state index contributed by atoms with van der Waals surface area (Å²) in [6.45, 7) is 5.72. The van der Waals surface area contributed by atoms with Crippen molar-refractivity contribution in [3.63, 3.8) is 0 Å². The SMILES string of the molecule is CC(C)n1nc(N2CCCCC2CNc2nncs2)ccc1=O. The standard InChI is InChI=1S/C15H22N6OS/c1-11(2)21-14(22)7-6-13(19-21)20-8-4-3-5-12(20)9-16-15-18-17-10-23-15/h6-7,10-12H,3-5,8-9H2,1-2H3,(H,16,18). The van der Waals surface area contributed by atoms with E-state index in [0.29, 0.717) is 6.04 Å². The predicted octanol–water partition coefficient (Wildman–Crippen LogP) is 2.15. The van der Waals surface area contributed by atoms with Crippen LogP contribution in [0.15, 0.2) is 22.4 Å². The summed E-state index contributed by atoms with van der Waals surface area (Å²) in [6.07, 6.45) is 3.47. The van der Waals surface area contributed by atoms with Crippen LogP contribution in [0.1, 0.15) is 39.2 Å². The Bertz CT molecular complexity index is 684. The van der Waals surface area contributed by atoms with Crippen molar-refractivity contribution in [2.24, 2.45) is 0 Å². The summed E-state index contributed by atoms with van der Waals surface area (Å²) in [4.78, 5) is 14.2. The van der Waals surface area contributed by atoms with Crippen molar-refractivity contribution in [2.75, 3.05) is 23.3 Å². The van der Waals surface area contributed by atoms with Crippen molar-refractivity contribution < 1.29 is 0 Å². The van der Waals surface area contributed by atoms with Gasteiger partial charge in [0.15, 0.2) is 0 Å². The van der Waals surface area contributed by atoms with Gasteiger partial charge in [0.25, 0.3) is 5.56 Å². The molecule has 8 heteroatoms. The van der Waals surface area contributed by atoms with Crippen molar-refractivity contribution in [1.82, 2.24) is 20.0 Å². The summed E-state index contributed by atoms with van der Waals surface area (Å²) >= 11 is 1.50. The van der Waals surface area contributed by atoms with E-state index in [-0.39, 0.29) is 11.6 Å². The van der Waals surface area contributed by atoms with Gasteiger partial charge in [-0.3, -0.25) is 4.79 Å². The van der Waals surface area contributed by atoms with Crippen molar-refractivity contribution in [1.29, 1.82) is 0 Å². The van der Waals surface area contributed by atoms with E-state index in [1.54, 1.807) is 16.3 Å². The van der Waals surface area contributed by atoms with Crippen LogP contribution >= 0.6 is 11.3 Å². The molecular formula is C15H22N6OS. The zero-order valence-corrected chi connectivity index (χ0v) is 14.3. The molecular weight excluding hydrogens is 312 g/mol. The molecule has 0 aliphatic carbocycles. The van der Waals surface area contributed by atoms with E-state index in [4.69, 9.17) is 0 Å². The lowest BCUT2D eigenvalue weighted by Gasteiger charge is -2.36. The molecule has 1 aliphatic rings. The maximum absolute atomic E-state index is 11.9. The van der Waals surface area contributed by atoms with Gasteiger partial charge >= 0.3 is 0 Å². The highest BCUT2D eigenvalue weighted by Crippen LogP contribution is 2.23. The van der Waals surface area contributed by atoms with Gasteiger partial charge in [-0.15, -0.1) is 10.2 Å². The summed E-state index contributed by atoms with van der Waals surface area (Å²) in [5, 5.41) is 16.6. The Morgan fingerprint density at radius 1 is 1.39 bits per heavy atom. The fourth-order valence-corrected chi connectivity index (χ4v) is 3.36. The van der Waals surface area contributed by atoms with Crippen LogP contribution in [0.25, 0.3) is 0 Å². The number of nitrogens with zero attached hydrogens (tertiary/aromatic N) is 5. The maximum Gasteiger partial charge on any atom is 0.267 e. The van der Waals surface area contributed by atoms with Gasteiger partial charge in [0.05, 0.1) is 6.04 Å². The molecule has 1 fully saturated rings. The van der Waals surface area contributed by atoms with Gasteiger partial charge in [0.2, 0.25) is 5.13 Å². The average molecular weight is 334 g/mol. The Labute approximate surface area is 139 Å². The first-order valence-corrected chi connectivity index (χ1v) is 8.89. The van der Waals surface area contributed by atoms with Gasteiger partial charge in [0, 0.05) is 25.2 Å². The molecule has 0 amide bonds. The molecule has 2 aromatic rings. The summed E-state index contributed by atoms with van der Waals surface area (Å²) in [6, 6.07) is 3.86. The Morgan fingerprint density at radius 3 is 3.00 bits per heavy atom. The lowest BCUT2D eigenvalue weighted by atomic mass is 10.0. The molecule has 0 bridgehead atoms. The van der Waals surface area contributed by atoms with Crippen LogP contribution in [0.4, 0.5) is 10.9 Å². The molecule has 0 saturated carbocycles. The highest BCUT2D eigenvalue weighted by molar-refractivity contribution is 7.13. The monoisotopic (exact) mass is 334 g/mol. The lowest BCUT2D eigenvalue weighted by molar-refractivity contribution is 0.451. The van der Waals surface area contributed by atoms with E-state index in [2.05, 4.69) is 25.5 Å². The molecule has 2 aromatic heterocycles. The maximum atomic E-state index is 11.9. The smallest absolute Gasteiger partial charge is 0.267 e. The van der Waals surface area contributed by atoms with Crippen LogP contribution in [-0.2, 0) is 0 Å². The van der Waals surface area contributed by atoms with Crippen molar-refractivity contribution in [3.05, 3.63) is 28.0 Å². The van der Waals surface area contributed by atoms with Gasteiger partial charge in [0.1, 0.15) is 11.3 Å². The van der Waals surface area contributed by atoms with E-state index < -0.39 is 0 Å². The van der Waals surface area contributed by atoms with Gasteiger partial charge in [-0.25, -0.2) is 4.68 Å². The highest BCUT2D eigenvalue weighted by Gasteiger charge is 2.24. The fourth-order valence-electron chi connectivity index (χ4n) is 2.91. The number of rotatable bonds is 5. The first kappa shape index (κ1) is 15.9. The van der Waals surface area contributed by atoms with Crippen molar-refractivity contribution in [3.8, 4) is 0 Å². The van der Waals surface area contributed by atoms with Gasteiger partial charge in [-0.1, -0.05) is 11.3 Å². The number of piperidine rings is 1. The van der Waals surface area contributed by atoms with Crippen LogP contribution in [0.5, 0.6) is 0 Å². The molecule has 3 heterocycles. The van der Waals surface area contributed by atoms with Crippen LogP contribution in [-0.4, -0.2) is 39.1 Å². The largest absolute Gasteiger partial charge is 0.358 e. The molecule has 1 N–H and O–H groups in total. The summed E-state index contributed by atoms with van der Waals surface area (Å²) in [7, 11) is 0. The van der Waals surface area contributed by atoms with Crippen molar-refractivity contribution >= 4 is 22.3 Å². The highest BCUT2D eigenvalue weighted by atomic mass is 32.1. The first-order chi connectivity index (χ1) is 11.1. The minimum Gasteiger partial charge on any atom is -0.358 e. The second kappa shape index (κ2) is 7.08. The zero-order valence-electron chi connectivity index (χ0n) is 13.5. The quantitative estimate of drug-likeness (QED) is 0.903. The minimum absolute atomic E-state index is 0.0516. The first-order valence-electron chi connectivity index (χ1n) is 8.01. The summed E-state index contributed by atoms with van der Waals surface area (Å²) in [5.74, 6) is 0.877. The summed E-state index contributed by atoms with van der Waals surface area (Å²) in [5.41, 5.74) is 1.67. The minimum atomic E-state index is -0.0516. The van der Waals surface area contributed by atoms with Crippen LogP contribution in [0, 0.1) is 0 Å². The molecule has 1 atom stereocenters. The average Bonchev–Trinajstić information content (AvgIpc) is 3.07. The molecule has 0 aromatic carbocycles. The lowest BCUT2D eigenvalue weighted by Crippen LogP contribution is -2.45. The summed E-state index contributed by atoms with van der Waals surface area (Å²) < 4.78 is 1.55. The number of hydrogen-bond donors (Lipinski definition) is 1. The number of anilines is 2. The molecule has 3 rings (SSSR count). The molecule has 0 radical (unpaired) electrons. The fraction of sp³-hybridized carbons (Fsp3) is 0.600. The second-order valence-corrected chi connectivity index (χ2v) is 6.87.